The van der Waals surface area contributed by atoms with Gasteiger partial charge in [-0.3, -0.25) is 0 Å². The Balaban J connectivity index is 1.42. The Bertz CT molecular complexity index is 2670. The van der Waals surface area contributed by atoms with Crippen molar-refractivity contribution >= 4 is 83.3 Å². The minimum atomic E-state index is 0.0869. The Morgan fingerprint density at radius 1 is 0.585 bits per heavy atom. The fourth-order valence-electron chi connectivity index (χ4n) is 8.31. The third-order valence-electron chi connectivity index (χ3n) is 9.82. The number of hydrogen-bond donors (Lipinski definition) is 0. The van der Waals surface area contributed by atoms with E-state index in [1.807, 2.05) is 0 Å². The quantitative estimate of drug-likeness (QED) is 0.186. The van der Waals surface area contributed by atoms with Gasteiger partial charge >= 0.3 is 6.85 Å². The minimum Gasteiger partial charge on any atom is -0.454 e. The number of aromatic nitrogens is 2. The third-order valence-corrected chi connectivity index (χ3v) is 9.82. The molecule has 0 radical (unpaired) electrons. The van der Waals surface area contributed by atoms with Crippen molar-refractivity contribution in [1.29, 1.82) is 0 Å². The Morgan fingerprint density at radius 2 is 1.32 bits per heavy atom. The number of aryl methyl sites for hydroxylation is 1. The van der Waals surface area contributed by atoms with Gasteiger partial charge in [-0.2, -0.15) is 0 Å². The van der Waals surface area contributed by atoms with E-state index in [1.165, 1.54) is 76.8 Å². The van der Waals surface area contributed by atoms with Crippen LogP contribution < -0.4 is 10.9 Å². The highest BCUT2D eigenvalue weighted by Gasteiger charge is 2.41. The summed E-state index contributed by atoms with van der Waals surface area (Å²) in [5.41, 5.74) is 15.0. The number of nitrogens with zero attached hydrogens (tertiary/aromatic N) is 2. The topological polar surface area (TPSA) is 23.0 Å². The number of hydrogen-bond acceptors (Lipinski definition) is 1. The normalized spacial score (nSPS) is 13.4. The van der Waals surface area contributed by atoms with Crippen molar-refractivity contribution in [2.75, 3.05) is 0 Å². The second-order valence-electron chi connectivity index (χ2n) is 11.7. The fourth-order valence-corrected chi connectivity index (χ4v) is 8.31. The Labute approximate surface area is 234 Å². The predicted molar refractivity (Wildman–Crippen MR) is 172 cm³/mol. The highest BCUT2D eigenvalue weighted by atomic mass is 16.3. The van der Waals surface area contributed by atoms with Crippen LogP contribution >= 0.6 is 0 Å². The minimum absolute atomic E-state index is 0.0869. The molecular weight excluding hydrogens is 499 g/mol. The highest BCUT2D eigenvalue weighted by Crippen LogP contribution is 2.45. The van der Waals surface area contributed by atoms with Crippen LogP contribution in [-0.2, 0) is 0 Å². The van der Waals surface area contributed by atoms with Crippen molar-refractivity contribution < 1.29 is 4.42 Å². The van der Waals surface area contributed by atoms with Crippen LogP contribution in [0.15, 0.2) is 114 Å². The van der Waals surface area contributed by atoms with E-state index < -0.39 is 0 Å². The molecule has 188 valence electrons. The first-order valence-electron chi connectivity index (χ1n) is 14.3. The molecule has 0 spiro atoms. The van der Waals surface area contributed by atoms with Gasteiger partial charge in [-0.05, 0) is 53.2 Å². The van der Waals surface area contributed by atoms with Crippen molar-refractivity contribution in [3.8, 4) is 16.8 Å². The van der Waals surface area contributed by atoms with Crippen LogP contribution in [0.4, 0.5) is 0 Å². The van der Waals surface area contributed by atoms with Gasteiger partial charge in [0.05, 0.1) is 11.0 Å². The Kier molecular flexibility index (Phi) is 3.39. The van der Waals surface area contributed by atoms with Gasteiger partial charge in [-0.25, -0.2) is 0 Å². The van der Waals surface area contributed by atoms with Gasteiger partial charge in [0.2, 0.25) is 0 Å². The average Bonchev–Trinajstić information content (AvgIpc) is 3.67. The molecule has 6 aromatic carbocycles. The lowest BCUT2D eigenvalue weighted by Crippen LogP contribution is -2.55. The van der Waals surface area contributed by atoms with Gasteiger partial charge in [-0.15, -0.1) is 0 Å². The first-order valence-corrected chi connectivity index (χ1v) is 14.3. The number of rotatable bonds is 0. The van der Waals surface area contributed by atoms with Crippen molar-refractivity contribution in [1.82, 2.24) is 9.05 Å². The molecule has 41 heavy (non-hydrogen) atoms. The second-order valence-corrected chi connectivity index (χ2v) is 11.7. The molecule has 0 unspecified atom stereocenters. The molecule has 11 rings (SSSR count). The maximum Gasteiger partial charge on any atom is 0.333 e. The van der Waals surface area contributed by atoms with Crippen molar-refractivity contribution in [2.45, 2.75) is 6.92 Å². The van der Waals surface area contributed by atoms with Crippen LogP contribution in [0.25, 0.3) is 82.4 Å². The molecule has 3 aromatic heterocycles. The lowest BCUT2D eigenvalue weighted by Gasteiger charge is -2.34. The molecule has 0 atom stereocenters. The molecule has 5 heterocycles. The van der Waals surface area contributed by atoms with E-state index in [0.29, 0.717) is 0 Å². The Morgan fingerprint density at radius 3 is 2.24 bits per heavy atom. The molecule has 0 saturated carbocycles. The van der Waals surface area contributed by atoms with Gasteiger partial charge < -0.3 is 13.5 Å². The lowest BCUT2D eigenvalue weighted by molar-refractivity contribution is 0.671. The van der Waals surface area contributed by atoms with Gasteiger partial charge in [0, 0.05) is 54.6 Å². The summed E-state index contributed by atoms with van der Waals surface area (Å²) in [6.45, 7) is 2.36. The fraction of sp³-hybridized carbons (Fsp3) is 0.0270. The van der Waals surface area contributed by atoms with Crippen LogP contribution in [0, 0.1) is 6.92 Å². The molecular formula is C37H21BN2O. The maximum absolute atomic E-state index is 6.66. The smallest absolute Gasteiger partial charge is 0.333 e. The summed E-state index contributed by atoms with van der Waals surface area (Å²) in [4.78, 5) is 0. The van der Waals surface area contributed by atoms with Crippen molar-refractivity contribution in [3.63, 3.8) is 0 Å². The maximum atomic E-state index is 6.66. The Hall–Kier alpha value is -5.22. The SMILES string of the molecule is Cc1ccc2c3c1-c1cccc4c5ccccc5n(c14)B3c1cccc3c4ccc5c6ccccc6oc5c4n-2c13. The van der Waals surface area contributed by atoms with Crippen LogP contribution in [-0.4, -0.2) is 15.9 Å². The van der Waals surface area contributed by atoms with E-state index in [0.717, 1.165) is 22.1 Å². The second kappa shape index (κ2) is 6.73. The molecule has 9 aromatic rings. The zero-order valence-corrected chi connectivity index (χ0v) is 22.3. The molecule has 0 fully saturated rings. The van der Waals surface area contributed by atoms with Gasteiger partial charge in [0.25, 0.3) is 0 Å². The van der Waals surface area contributed by atoms with E-state index in [2.05, 4.69) is 125 Å². The van der Waals surface area contributed by atoms with E-state index >= 15 is 0 Å². The summed E-state index contributed by atoms with van der Waals surface area (Å²) in [6, 6.07) is 40.2. The third kappa shape index (κ3) is 2.19. The first kappa shape index (κ1) is 20.7. The van der Waals surface area contributed by atoms with E-state index in [4.69, 9.17) is 4.42 Å². The van der Waals surface area contributed by atoms with Crippen molar-refractivity contribution in [3.05, 3.63) is 115 Å². The van der Waals surface area contributed by atoms with Crippen LogP contribution in [0.5, 0.6) is 0 Å². The molecule has 2 aliphatic heterocycles. The molecule has 0 saturated heterocycles. The summed E-state index contributed by atoms with van der Waals surface area (Å²) < 4.78 is 11.8. The van der Waals surface area contributed by atoms with Gasteiger partial charge in [0.1, 0.15) is 5.58 Å². The average molecular weight is 520 g/mol. The molecule has 3 nitrogen and oxygen atoms in total. The lowest BCUT2D eigenvalue weighted by atomic mass is 9.45. The van der Waals surface area contributed by atoms with E-state index in [-0.39, 0.29) is 6.85 Å². The van der Waals surface area contributed by atoms with E-state index in [1.54, 1.807) is 0 Å². The van der Waals surface area contributed by atoms with Crippen LogP contribution in [0.2, 0.25) is 0 Å². The van der Waals surface area contributed by atoms with Crippen molar-refractivity contribution in [2.24, 2.45) is 0 Å². The van der Waals surface area contributed by atoms with Gasteiger partial charge in [-0.1, -0.05) is 84.9 Å². The predicted octanol–water partition coefficient (Wildman–Crippen LogP) is 8.05. The zero-order valence-electron chi connectivity index (χ0n) is 22.3. The molecule has 0 aliphatic carbocycles. The van der Waals surface area contributed by atoms with Gasteiger partial charge in [0.15, 0.2) is 5.58 Å². The number of fused-ring (bicyclic) bond motifs is 14. The number of para-hydroxylation sites is 4. The summed E-state index contributed by atoms with van der Waals surface area (Å²) in [5.74, 6) is 0. The highest BCUT2D eigenvalue weighted by molar-refractivity contribution is 6.90. The van der Waals surface area contributed by atoms with E-state index in [9.17, 15) is 0 Å². The molecule has 0 N–H and O–H groups in total. The standard InChI is InChI=1S/C37H21BN2O/c1-20-16-19-30-33-32(20)27-12-6-10-23-21-8-2-4-14-29(21)40(34(23)27)38(33)28-13-7-11-24-25-17-18-26-22-9-3-5-15-31(22)41-37(26)36(25)39(30)35(24)28/h2-19H,1H3. The summed E-state index contributed by atoms with van der Waals surface area (Å²) in [6.07, 6.45) is 0. The summed E-state index contributed by atoms with van der Waals surface area (Å²) in [7, 11) is 0. The monoisotopic (exact) mass is 520 g/mol. The van der Waals surface area contributed by atoms with Crippen LogP contribution in [0.3, 0.4) is 0 Å². The number of benzene rings is 6. The van der Waals surface area contributed by atoms with Crippen LogP contribution in [0.1, 0.15) is 5.56 Å². The molecule has 4 heteroatoms. The molecule has 0 amide bonds. The zero-order chi connectivity index (χ0) is 26.6. The summed E-state index contributed by atoms with van der Waals surface area (Å²) >= 11 is 0. The largest absolute Gasteiger partial charge is 0.454 e. The molecule has 0 bridgehead atoms. The molecule has 2 aliphatic rings. The summed E-state index contributed by atoms with van der Waals surface area (Å²) in [5, 5.41) is 7.49. The first-order chi connectivity index (χ1) is 20.3. The number of furan rings is 1.